The summed E-state index contributed by atoms with van der Waals surface area (Å²) in [4.78, 5) is 17.6. The molecule has 96 valence electrons. The maximum atomic E-state index is 12.2. The van der Waals surface area contributed by atoms with Crippen LogP contribution in [0.1, 0.15) is 22.2 Å². The van der Waals surface area contributed by atoms with Crippen molar-refractivity contribution in [1.29, 1.82) is 5.26 Å². The molecule has 0 atom stereocenters. The third-order valence-corrected chi connectivity index (χ3v) is 4.04. The number of hydrogen-bond donors (Lipinski definition) is 1. The summed E-state index contributed by atoms with van der Waals surface area (Å²) in [6.45, 7) is 2.04. The van der Waals surface area contributed by atoms with Crippen LogP contribution in [0.25, 0.3) is 0 Å². The summed E-state index contributed by atoms with van der Waals surface area (Å²) in [6, 6.07) is 9.44. The van der Waals surface area contributed by atoms with E-state index in [2.05, 4.69) is 10.3 Å². The van der Waals surface area contributed by atoms with Gasteiger partial charge in [0.15, 0.2) is 5.13 Å². The van der Waals surface area contributed by atoms with Crippen LogP contribution in [0.4, 0.5) is 5.13 Å². The lowest BCUT2D eigenvalue weighted by Gasteiger charge is -2.07. The molecule has 1 amide bonds. The highest BCUT2D eigenvalue weighted by Gasteiger charge is 2.12. The Balaban J connectivity index is 2.18. The van der Waals surface area contributed by atoms with Gasteiger partial charge in [-0.05, 0) is 17.9 Å². The van der Waals surface area contributed by atoms with Crippen LogP contribution in [0.2, 0.25) is 0 Å². The Kier molecular flexibility index (Phi) is 4.55. The van der Waals surface area contributed by atoms with Gasteiger partial charge in [0, 0.05) is 4.90 Å². The van der Waals surface area contributed by atoms with Crippen LogP contribution in [-0.4, -0.2) is 16.6 Å². The lowest BCUT2D eigenvalue weighted by Crippen LogP contribution is -2.12. The smallest absolute Gasteiger partial charge is 0.258 e. The number of rotatable bonds is 4. The summed E-state index contributed by atoms with van der Waals surface area (Å²) in [5.41, 5.74) is 0.628. The number of thiazole rings is 1. The Bertz CT molecular complexity index is 631. The molecule has 4 nitrogen and oxygen atoms in total. The van der Waals surface area contributed by atoms with Gasteiger partial charge in [-0.1, -0.05) is 30.4 Å². The van der Waals surface area contributed by atoms with Gasteiger partial charge in [0.1, 0.15) is 10.9 Å². The molecule has 1 heterocycles. The van der Waals surface area contributed by atoms with Crippen LogP contribution in [-0.2, 0) is 0 Å². The molecule has 0 radical (unpaired) electrons. The summed E-state index contributed by atoms with van der Waals surface area (Å²) in [6.07, 6.45) is 1.45. The molecule has 0 saturated carbocycles. The number of thioether (sulfide) groups is 1. The van der Waals surface area contributed by atoms with Crippen molar-refractivity contribution in [3.8, 4) is 6.07 Å². The number of anilines is 1. The summed E-state index contributed by atoms with van der Waals surface area (Å²) in [5.74, 6) is 0.704. The predicted octanol–water partition coefficient (Wildman–Crippen LogP) is 3.38. The molecule has 0 spiro atoms. The van der Waals surface area contributed by atoms with Gasteiger partial charge in [-0.15, -0.1) is 11.8 Å². The first-order valence-corrected chi connectivity index (χ1v) is 7.44. The Hall–Kier alpha value is -1.84. The molecule has 1 aromatic carbocycles. The zero-order chi connectivity index (χ0) is 13.7. The van der Waals surface area contributed by atoms with E-state index in [1.54, 1.807) is 17.8 Å². The molecule has 2 rings (SSSR count). The number of nitrogens with zero attached hydrogens (tertiary/aromatic N) is 2. The standard InChI is InChI=1S/C13H11N3OS2/c1-2-18-11-6-4-3-5-10(11)12(17)16-13-15-8-9(7-14)19-13/h3-6,8H,2H2,1H3,(H,15,16,17). The van der Waals surface area contributed by atoms with E-state index >= 15 is 0 Å². The average molecular weight is 289 g/mol. The zero-order valence-corrected chi connectivity index (χ0v) is 11.8. The second-order valence-corrected chi connectivity index (χ2v) is 5.86. The van der Waals surface area contributed by atoms with Crippen molar-refractivity contribution < 1.29 is 4.79 Å². The number of carbonyl (C=O) groups excluding carboxylic acids is 1. The van der Waals surface area contributed by atoms with Crippen molar-refractivity contribution in [2.45, 2.75) is 11.8 Å². The fraction of sp³-hybridized carbons (Fsp3) is 0.154. The largest absolute Gasteiger partial charge is 0.298 e. The van der Waals surface area contributed by atoms with Crippen LogP contribution in [0.5, 0.6) is 0 Å². The fourth-order valence-electron chi connectivity index (χ4n) is 1.48. The zero-order valence-electron chi connectivity index (χ0n) is 10.2. The first-order chi connectivity index (χ1) is 9.24. The first kappa shape index (κ1) is 13.6. The van der Waals surface area contributed by atoms with Crippen molar-refractivity contribution in [3.63, 3.8) is 0 Å². The maximum absolute atomic E-state index is 12.2. The number of benzene rings is 1. The van der Waals surface area contributed by atoms with Crippen LogP contribution in [0.15, 0.2) is 35.4 Å². The highest BCUT2D eigenvalue weighted by atomic mass is 32.2. The minimum absolute atomic E-state index is 0.199. The Morgan fingerprint density at radius 1 is 1.53 bits per heavy atom. The lowest BCUT2D eigenvalue weighted by atomic mass is 10.2. The van der Waals surface area contributed by atoms with Crippen LogP contribution >= 0.6 is 23.1 Å². The van der Waals surface area contributed by atoms with Crippen LogP contribution in [0.3, 0.4) is 0 Å². The van der Waals surface area contributed by atoms with E-state index in [0.717, 1.165) is 22.0 Å². The van der Waals surface area contributed by atoms with Crippen molar-refractivity contribution in [2.75, 3.05) is 11.1 Å². The van der Waals surface area contributed by atoms with E-state index < -0.39 is 0 Å². The number of carbonyl (C=O) groups is 1. The number of nitrogens with one attached hydrogen (secondary N) is 1. The molecule has 0 aliphatic carbocycles. The van der Waals surface area contributed by atoms with Gasteiger partial charge in [0.2, 0.25) is 0 Å². The molecule has 0 unspecified atom stereocenters. The average Bonchev–Trinajstić information content (AvgIpc) is 2.87. The van der Waals surface area contributed by atoms with Gasteiger partial charge < -0.3 is 0 Å². The highest BCUT2D eigenvalue weighted by molar-refractivity contribution is 7.99. The van der Waals surface area contributed by atoms with Crippen molar-refractivity contribution >= 4 is 34.1 Å². The van der Waals surface area contributed by atoms with E-state index in [-0.39, 0.29) is 5.91 Å². The molecular weight excluding hydrogens is 278 g/mol. The van der Waals surface area contributed by atoms with Gasteiger partial charge >= 0.3 is 0 Å². The molecule has 0 saturated heterocycles. The molecule has 0 aliphatic heterocycles. The number of aromatic nitrogens is 1. The Morgan fingerprint density at radius 2 is 2.32 bits per heavy atom. The number of hydrogen-bond acceptors (Lipinski definition) is 5. The monoisotopic (exact) mass is 289 g/mol. The molecule has 0 fully saturated rings. The molecule has 2 aromatic rings. The maximum Gasteiger partial charge on any atom is 0.258 e. The molecular formula is C13H11N3OS2. The molecule has 6 heteroatoms. The summed E-state index contributed by atoms with van der Waals surface area (Å²) >= 11 is 2.78. The van der Waals surface area contributed by atoms with Crippen LogP contribution < -0.4 is 5.32 Å². The molecule has 1 aromatic heterocycles. The summed E-state index contributed by atoms with van der Waals surface area (Å²) in [7, 11) is 0. The third kappa shape index (κ3) is 3.34. The van der Waals surface area contributed by atoms with E-state index in [1.807, 2.05) is 31.2 Å². The quantitative estimate of drug-likeness (QED) is 0.876. The third-order valence-electron chi connectivity index (χ3n) is 2.27. The second kappa shape index (κ2) is 6.36. The van der Waals surface area contributed by atoms with Crippen molar-refractivity contribution in [3.05, 3.63) is 40.9 Å². The molecule has 1 N–H and O–H groups in total. The summed E-state index contributed by atoms with van der Waals surface area (Å²) < 4.78 is 0. The van der Waals surface area contributed by atoms with Gasteiger partial charge in [-0.3, -0.25) is 10.1 Å². The first-order valence-electron chi connectivity index (χ1n) is 5.63. The molecule has 0 aliphatic rings. The number of amides is 1. The van der Waals surface area contributed by atoms with Gasteiger partial charge in [-0.2, -0.15) is 5.26 Å². The van der Waals surface area contributed by atoms with Crippen molar-refractivity contribution in [1.82, 2.24) is 4.98 Å². The predicted molar refractivity (Wildman–Crippen MR) is 77.6 cm³/mol. The van der Waals surface area contributed by atoms with Gasteiger partial charge in [0.25, 0.3) is 5.91 Å². The fourth-order valence-corrected chi connectivity index (χ4v) is 2.89. The van der Waals surface area contributed by atoms with E-state index in [4.69, 9.17) is 5.26 Å². The normalized spacial score (nSPS) is 9.89. The van der Waals surface area contributed by atoms with E-state index in [1.165, 1.54) is 6.20 Å². The number of nitriles is 1. The summed E-state index contributed by atoms with van der Waals surface area (Å²) in [5, 5.41) is 11.9. The van der Waals surface area contributed by atoms with Gasteiger partial charge in [0.05, 0.1) is 11.8 Å². The SMILES string of the molecule is CCSc1ccccc1C(=O)Nc1ncc(C#N)s1. The Morgan fingerprint density at radius 3 is 3.00 bits per heavy atom. The second-order valence-electron chi connectivity index (χ2n) is 3.52. The lowest BCUT2D eigenvalue weighted by molar-refractivity contribution is 0.102. The van der Waals surface area contributed by atoms with Gasteiger partial charge in [-0.25, -0.2) is 4.98 Å². The minimum Gasteiger partial charge on any atom is -0.298 e. The van der Waals surface area contributed by atoms with E-state index in [0.29, 0.717) is 15.6 Å². The highest BCUT2D eigenvalue weighted by Crippen LogP contribution is 2.24. The molecule has 19 heavy (non-hydrogen) atoms. The Labute approximate surface area is 119 Å². The topological polar surface area (TPSA) is 65.8 Å². The van der Waals surface area contributed by atoms with Crippen LogP contribution in [0, 0.1) is 11.3 Å². The van der Waals surface area contributed by atoms with E-state index in [9.17, 15) is 4.79 Å². The van der Waals surface area contributed by atoms with Crippen molar-refractivity contribution in [2.24, 2.45) is 0 Å². The molecule has 0 bridgehead atoms. The minimum atomic E-state index is -0.199.